The Bertz CT molecular complexity index is 950. The summed E-state index contributed by atoms with van der Waals surface area (Å²) in [7, 11) is 0. The van der Waals surface area contributed by atoms with E-state index in [0.717, 1.165) is 29.3 Å². The molecule has 0 spiro atoms. The molecular formula is C20H21ClN4O2. The van der Waals surface area contributed by atoms with Crippen LogP contribution in [0.1, 0.15) is 31.2 Å². The van der Waals surface area contributed by atoms with Gasteiger partial charge in [-0.05, 0) is 55.5 Å². The van der Waals surface area contributed by atoms with Crippen LogP contribution in [0.4, 0.5) is 10.5 Å². The smallest absolute Gasteiger partial charge is 0.319 e. The van der Waals surface area contributed by atoms with Gasteiger partial charge < -0.3 is 20.4 Å². The number of benzene rings is 1. The highest BCUT2D eigenvalue weighted by molar-refractivity contribution is 6.35. The van der Waals surface area contributed by atoms with Gasteiger partial charge in [0.2, 0.25) is 5.88 Å². The SMILES string of the molecule is O=C(NCc1ccnc(OC2CCCC2)c1)Nc1cc(Cl)c2cc[nH]c2c1. The van der Waals surface area contributed by atoms with Gasteiger partial charge in [0, 0.05) is 41.6 Å². The van der Waals surface area contributed by atoms with Crippen LogP contribution in [-0.4, -0.2) is 22.1 Å². The number of carbonyl (C=O) groups excluding carboxylic acids is 1. The summed E-state index contributed by atoms with van der Waals surface area (Å²) in [5.41, 5.74) is 2.44. The van der Waals surface area contributed by atoms with Gasteiger partial charge in [-0.1, -0.05) is 11.6 Å². The lowest BCUT2D eigenvalue weighted by Gasteiger charge is -2.13. The number of rotatable bonds is 5. The molecule has 27 heavy (non-hydrogen) atoms. The Hall–Kier alpha value is -2.73. The normalized spacial score (nSPS) is 14.4. The molecule has 1 saturated carbocycles. The van der Waals surface area contributed by atoms with Gasteiger partial charge in [-0.25, -0.2) is 9.78 Å². The Labute approximate surface area is 162 Å². The van der Waals surface area contributed by atoms with Gasteiger partial charge in [-0.15, -0.1) is 0 Å². The van der Waals surface area contributed by atoms with E-state index in [4.69, 9.17) is 16.3 Å². The van der Waals surface area contributed by atoms with Crippen molar-refractivity contribution in [2.24, 2.45) is 0 Å². The van der Waals surface area contributed by atoms with E-state index in [-0.39, 0.29) is 12.1 Å². The summed E-state index contributed by atoms with van der Waals surface area (Å²) >= 11 is 6.23. The van der Waals surface area contributed by atoms with Gasteiger partial charge in [-0.2, -0.15) is 0 Å². The molecule has 2 amide bonds. The first-order valence-electron chi connectivity index (χ1n) is 9.10. The first-order chi connectivity index (χ1) is 13.2. The lowest BCUT2D eigenvalue weighted by molar-refractivity contribution is 0.201. The minimum atomic E-state index is -0.299. The number of fused-ring (bicyclic) bond motifs is 1. The third-order valence-corrected chi connectivity index (χ3v) is 5.03. The largest absolute Gasteiger partial charge is 0.474 e. The van der Waals surface area contributed by atoms with Crippen molar-refractivity contribution in [1.29, 1.82) is 0 Å². The number of carbonyl (C=O) groups is 1. The van der Waals surface area contributed by atoms with Crippen molar-refractivity contribution in [3.63, 3.8) is 0 Å². The first kappa shape index (κ1) is 17.7. The zero-order chi connectivity index (χ0) is 18.6. The molecule has 0 saturated heterocycles. The summed E-state index contributed by atoms with van der Waals surface area (Å²) in [5.74, 6) is 0.616. The average molecular weight is 385 g/mol. The summed E-state index contributed by atoms with van der Waals surface area (Å²) in [5, 5.41) is 7.16. The fraction of sp³-hybridized carbons (Fsp3) is 0.300. The minimum absolute atomic E-state index is 0.261. The number of amides is 2. The van der Waals surface area contributed by atoms with Gasteiger partial charge in [-0.3, -0.25) is 0 Å². The van der Waals surface area contributed by atoms with Crippen LogP contribution in [0.25, 0.3) is 10.9 Å². The number of hydrogen-bond acceptors (Lipinski definition) is 3. The quantitative estimate of drug-likeness (QED) is 0.587. The van der Waals surface area contributed by atoms with Crippen molar-refractivity contribution in [2.45, 2.75) is 38.3 Å². The van der Waals surface area contributed by atoms with Crippen LogP contribution in [0.2, 0.25) is 5.02 Å². The molecule has 3 aromatic rings. The molecule has 1 aromatic carbocycles. The van der Waals surface area contributed by atoms with E-state index in [1.807, 2.05) is 30.5 Å². The van der Waals surface area contributed by atoms with E-state index < -0.39 is 0 Å². The van der Waals surface area contributed by atoms with Gasteiger partial charge in [0.1, 0.15) is 6.10 Å². The number of aromatic nitrogens is 2. The molecule has 0 bridgehead atoms. The Morgan fingerprint density at radius 2 is 2.11 bits per heavy atom. The fourth-order valence-electron chi connectivity index (χ4n) is 3.35. The average Bonchev–Trinajstić information content (AvgIpc) is 3.32. The van der Waals surface area contributed by atoms with Crippen molar-refractivity contribution in [2.75, 3.05) is 5.32 Å². The molecule has 0 radical (unpaired) electrons. The van der Waals surface area contributed by atoms with E-state index in [9.17, 15) is 4.79 Å². The van der Waals surface area contributed by atoms with Crippen LogP contribution in [-0.2, 0) is 6.54 Å². The lowest BCUT2D eigenvalue weighted by atomic mass is 10.2. The Kier molecular flexibility index (Phi) is 5.16. The number of aromatic amines is 1. The molecule has 0 aliphatic heterocycles. The molecule has 0 unspecified atom stereocenters. The van der Waals surface area contributed by atoms with Crippen molar-refractivity contribution in [1.82, 2.24) is 15.3 Å². The Morgan fingerprint density at radius 3 is 2.96 bits per heavy atom. The lowest BCUT2D eigenvalue weighted by Crippen LogP contribution is -2.28. The number of halogens is 1. The number of nitrogens with one attached hydrogen (secondary N) is 3. The van der Waals surface area contributed by atoms with Crippen LogP contribution >= 0.6 is 11.6 Å². The second kappa shape index (κ2) is 7.88. The maximum atomic E-state index is 12.2. The summed E-state index contributed by atoms with van der Waals surface area (Å²) in [6.45, 7) is 0.383. The number of hydrogen-bond donors (Lipinski definition) is 3. The van der Waals surface area contributed by atoms with Crippen molar-refractivity contribution >= 4 is 34.2 Å². The number of urea groups is 1. The number of anilines is 1. The van der Waals surface area contributed by atoms with Crippen molar-refractivity contribution in [3.05, 3.63) is 53.3 Å². The number of ether oxygens (including phenoxy) is 1. The number of pyridine rings is 1. The maximum absolute atomic E-state index is 12.2. The Morgan fingerprint density at radius 1 is 1.26 bits per heavy atom. The van der Waals surface area contributed by atoms with Crippen molar-refractivity contribution < 1.29 is 9.53 Å². The third-order valence-electron chi connectivity index (χ3n) is 4.72. The van der Waals surface area contributed by atoms with E-state index in [2.05, 4.69) is 20.6 Å². The predicted octanol–water partition coefficient (Wildman–Crippen LogP) is 4.86. The molecule has 0 atom stereocenters. The predicted molar refractivity (Wildman–Crippen MR) is 106 cm³/mol. The van der Waals surface area contributed by atoms with Gasteiger partial charge in [0.05, 0.1) is 5.02 Å². The standard InChI is InChI=1S/C20H21ClN4O2/c21-17-10-14(11-18-16(17)6-8-22-18)25-20(26)24-12-13-5-7-23-19(9-13)27-15-3-1-2-4-15/h5-11,15,22H,1-4,12H2,(H2,24,25,26). The molecule has 140 valence electrons. The van der Waals surface area contributed by atoms with Crippen LogP contribution in [0, 0.1) is 0 Å². The molecule has 1 fully saturated rings. The first-order valence-corrected chi connectivity index (χ1v) is 9.48. The van der Waals surface area contributed by atoms with E-state index >= 15 is 0 Å². The van der Waals surface area contributed by atoms with E-state index in [1.165, 1.54) is 12.8 Å². The molecule has 2 aromatic heterocycles. The fourth-order valence-corrected chi connectivity index (χ4v) is 3.64. The monoisotopic (exact) mass is 384 g/mol. The summed E-state index contributed by atoms with van der Waals surface area (Å²) in [6.07, 6.45) is 8.37. The highest BCUT2D eigenvalue weighted by atomic mass is 35.5. The summed E-state index contributed by atoms with van der Waals surface area (Å²) < 4.78 is 5.91. The highest BCUT2D eigenvalue weighted by Crippen LogP contribution is 2.27. The third kappa shape index (κ3) is 4.34. The van der Waals surface area contributed by atoms with Crippen LogP contribution in [0.3, 0.4) is 0 Å². The topological polar surface area (TPSA) is 79.0 Å². The van der Waals surface area contributed by atoms with Crippen LogP contribution in [0.15, 0.2) is 42.7 Å². The van der Waals surface area contributed by atoms with E-state index in [1.54, 1.807) is 12.3 Å². The molecule has 4 rings (SSSR count). The Balaban J connectivity index is 1.34. The van der Waals surface area contributed by atoms with Gasteiger partial charge >= 0.3 is 6.03 Å². The molecule has 2 heterocycles. The summed E-state index contributed by atoms with van der Waals surface area (Å²) in [6, 6.07) is 8.92. The van der Waals surface area contributed by atoms with Gasteiger partial charge in [0.15, 0.2) is 0 Å². The molecule has 1 aliphatic rings. The zero-order valence-corrected chi connectivity index (χ0v) is 15.6. The minimum Gasteiger partial charge on any atom is -0.474 e. The molecule has 7 heteroatoms. The molecule has 1 aliphatic carbocycles. The van der Waals surface area contributed by atoms with Crippen LogP contribution < -0.4 is 15.4 Å². The second-order valence-electron chi connectivity index (χ2n) is 6.73. The number of H-pyrrole nitrogens is 1. The molecule has 6 nitrogen and oxygen atoms in total. The zero-order valence-electron chi connectivity index (χ0n) is 14.8. The number of nitrogens with zero attached hydrogens (tertiary/aromatic N) is 1. The van der Waals surface area contributed by atoms with E-state index in [0.29, 0.717) is 23.1 Å². The maximum Gasteiger partial charge on any atom is 0.319 e. The second-order valence-corrected chi connectivity index (χ2v) is 7.14. The molecule has 3 N–H and O–H groups in total. The van der Waals surface area contributed by atoms with Crippen LogP contribution in [0.5, 0.6) is 5.88 Å². The van der Waals surface area contributed by atoms with Crippen molar-refractivity contribution in [3.8, 4) is 5.88 Å². The molecular weight excluding hydrogens is 364 g/mol. The van der Waals surface area contributed by atoms with Gasteiger partial charge in [0.25, 0.3) is 0 Å². The summed E-state index contributed by atoms with van der Waals surface area (Å²) in [4.78, 5) is 19.6. The highest BCUT2D eigenvalue weighted by Gasteiger charge is 2.17.